The molecule has 0 unspecified atom stereocenters. The van der Waals surface area contributed by atoms with Gasteiger partial charge in [0.25, 0.3) is 11.8 Å². The van der Waals surface area contributed by atoms with Crippen molar-refractivity contribution in [3.8, 4) is 23.0 Å². The summed E-state index contributed by atoms with van der Waals surface area (Å²) in [5, 5.41) is 3.34. The Balaban J connectivity index is 1.59. The van der Waals surface area contributed by atoms with Crippen molar-refractivity contribution in [2.24, 2.45) is 0 Å². The van der Waals surface area contributed by atoms with E-state index >= 15 is 0 Å². The Hall–Kier alpha value is -3.92. The molecular weight excluding hydrogens is 631 g/mol. The summed E-state index contributed by atoms with van der Waals surface area (Å²) in [5.74, 6) is 0.00937. The van der Waals surface area contributed by atoms with Crippen molar-refractivity contribution in [1.29, 1.82) is 0 Å². The molecule has 4 amide bonds. The van der Waals surface area contributed by atoms with Gasteiger partial charge in [0.2, 0.25) is 0 Å². The number of hydrogen-bond donors (Lipinski definition) is 1. The summed E-state index contributed by atoms with van der Waals surface area (Å²) in [4.78, 5) is 39.9. The molecule has 1 saturated heterocycles. The maximum absolute atomic E-state index is 13.5. The SMILES string of the molecule is CCCOc1ccc(CN2C(=O)NC(=O)/C(=C\c3cc(Cl)c(OCc4ccc(Cl)cc4Cl)c(OCC)c3)C2=O)cc1OCC. The van der Waals surface area contributed by atoms with Gasteiger partial charge in [0.05, 0.1) is 31.4 Å². The van der Waals surface area contributed by atoms with Crippen molar-refractivity contribution in [3.63, 3.8) is 0 Å². The first-order chi connectivity index (χ1) is 21.1. The molecule has 1 N–H and O–H groups in total. The zero-order valence-electron chi connectivity index (χ0n) is 24.4. The van der Waals surface area contributed by atoms with Crippen LogP contribution in [0.15, 0.2) is 54.1 Å². The van der Waals surface area contributed by atoms with Gasteiger partial charge in [-0.1, -0.05) is 53.9 Å². The standard InChI is InChI=1S/C32H31Cl3N2O7/c1-4-11-43-26-10-7-19(14-27(26)41-5-2)17-37-31(39)23(30(38)36-32(37)40)12-20-13-25(35)29(28(15-20)42-6-3)44-18-21-8-9-22(33)16-24(21)34/h7-10,12-16H,4-6,11,17-18H2,1-3H3,(H,36,38,40)/b23-12+. The van der Waals surface area contributed by atoms with E-state index in [1.54, 1.807) is 49.4 Å². The minimum atomic E-state index is -0.834. The van der Waals surface area contributed by atoms with Gasteiger partial charge in [-0.15, -0.1) is 0 Å². The van der Waals surface area contributed by atoms with Crippen LogP contribution in [0.25, 0.3) is 6.08 Å². The molecule has 9 nitrogen and oxygen atoms in total. The van der Waals surface area contributed by atoms with E-state index in [2.05, 4.69) is 5.32 Å². The Labute approximate surface area is 270 Å². The number of urea groups is 1. The minimum Gasteiger partial charge on any atom is -0.490 e. The molecule has 232 valence electrons. The second-order valence-electron chi connectivity index (χ2n) is 9.56. The van der Waals surface area contributed by atoms with Crippen LogP contribution in [0.1, 0.15) is 43.9 Å². The Morgan fingerprint density at radius 1 is 0.795 bits per heavy atom. The topological polar surface area (TPSA) is 103 Å². The zero-order valence-corrected chi connectivity index (χ0v) is 26.6. The van der Waals surface area contributed by atoms with E-state index in [0.717, 1.165) is 11.3 Å². The number of hydrogen-bond acceptors (Lipinski definition) is 7. The molecule has 0 aromatic heterocycles. The third-order valence-corrected chi connectivity index (χ3v) is 7.19. The first kappa shape index (κ1) is 33.0. The molecule has 0 spiro atoms. The van der Waals surface area contributed by atoms with E-state index in [1.165, 1.54) is 12.1 Å². The van der Waals surface area contributed by atoms with Crippen LogP contribution in [-0.2, 0) is 22.7 Å². The van der Waals surface area contributed by atoms with E-state index in [0.29, 0.717) is 63.8 Å². The van der Waals surface area contributed by atoms with Gasteiger partial charge in [0.15, 0.2) is 23.0 Å². The molecule has 0 radical (unpaired) electrons. The largest absolute Gasteiger partial charge is 0.490 e. The van der Waals surface area contributed by atoms with E-state index < -0.39 is 17.8 Å². The van der Waals surface area contributed by atoms with Gasteiger partial charge in [0, 0.05) is 15.6 Å². The van der Waals surface area contributed by atoms with Crippen molar-refractivity contribution in [2.45, 2.75) is 40.3 Å². The summed E-state index contributed by atoms with van der Waals surface area (Å²) in [5.41, 5.74) is 1.43. The van der Waals surface area contributed by atoms with Crippen molar-refractivity contribution in [1.82, 2.24) is 10.2 Å². The van der Waals surface area contributed by atoms with Crippen LogP contribution in [-0.4, -0.2) is 42.6 Å². The Morgan fingerprint density at radius 2 is 1.55 bits per heavy atom. The normalized spacial score (nSPS) is 14.1. The number of imide groups is 2. The number of nitrogens with one attached hydrogen (secondary N) is 1. The molecule has 1 fully saturated rings. The molecule has 0 aliphatic carbocycles. The van der Waals surface area contributed by atoms with Crippen LogP contribution in [0.2, 0.25) is 15.1 Å². The molecule has 1 heterocycles. The monoisotopic (exact) mass is 660 g/mol. The number of nitrogens with zero attached hydrogens (tertiary/aromatic N) is 1. The number of benzene rings is 3. The molecule has 3 aromatic carbocycles. The van der Waals surface area contributed by atoms with Crippen LogP contribution < -0.4 is 24.3 Å². The van der Waals surface area contributed by atoms with Crippen LogP contribution in [0.5, 0.6) is 23.0 Å². The molecule has 44 heavy (non-hydrogen) atoms. The van der Waals surface area contributed by atoms with Crippen molar-refractivity contribution < 1.29 is 33.3 Å². The molecular formula is C32H31Cl3N2O7. The lowest BCUT2D eigenvalue weighted by molar-refractivity contribution is -0.130. The summed E-state index contributed by atoms with van der Waals surface area (Å²) >= 11 is 18.8. The highest BCUT2D eigenvalue weighted by atomic mass is 35.5. The van der Waals surface area contributed by atoms with Gasteiger partial charge in [-0.2, -0.15) is 0 Å². The molecule has 0 saturated carbocycles. The summed E-state index contributed by atoms with van der Waals surface area (Å²) in [6.45, 7) is 6.83. The average molecular weight is 662 g/mol. The maximum Gasteiger partial charge on any atom is 0.331 e. The van der Waals surface area contributed by atoms with Gasteiger partial charge >= 0.3 is 6.03 Å². The predicted molar refractivity (Wildman–Crippen MR) is 169 cm³/mol. The second-order valence-corrected chi connectivity index (χ2v) is 10.8. The van der Waals surface area contributed by atoms with Gasteiger partial charge in [0.1, 0.15) is 12.2 Å². The quantitative estimate of drug-likeness (QED) is 0.150. The molecule has 3 aromatic rings. The van der Waals surface area contributed by atoms with Crippen LogP contribution in [0.3, 0.4) is 0 Å². The predicted octanol–water partition coefficient (Wildman–Crippen LogP) is 7.47. The smallest absolute Gasteiger partial charge is 0.331 e. The summed E-state index contributed by atoms with van der Waals surface area (Å²) in [6.07, 6.45) is 2.17. The van der Waals surface area contributed by atoms with Crippen molar-refractivity contribution in [2.75, 3.05) is 19.8 Å². The molecule has 4 rings (SSSR count). The zero-order chi connectivity index (χ0) is 31.8. The summed E-state index contributed by atoms with van der Waals surface area (Å²) in [7, 11) is 0. The van der Waals surface area contributed by atoms with Crippen molar-refractivity contribution >= 4 is 58.7 Å². The van der Waals surface area contributed by atoms with Gasteiger partial charge in [-0.05, 0) is 73.9 Å². The molecule has 0 bridgehead atoms. The van der Waals surface area contributed by atoms with Gasteiger partial charge in [-0.3, -0.25) is 19.8 Å². The third-order valence-electron chi connectivity index (χ3n) is 6.33. The van der Waals surface area contributed by atoms with E-state index in [9.17, 15) is 14.4 Å². The second kappa shape index (κ2) is 15.2. The summed E-state index contributed by atoms with van der Waals surface area (Å²) < 4.78 is 23.1. The highest BCUT2D eigenvalue weighted by Crippen LogP contribution is 2.38. The highest BCUT2D eigenvalue weighted by molar-refractivity contribution is 6.35. The van der Waals surface area contributed by atoms with E-state index in [4.69, 9.17) is 53.8 Å². The van der Waals surface area contributed by atoms with Gasteiger partial charge in [-0.25, -0.2) is 4.79 Å². The fourth-order valence-electron chi connectivity index (χ4n) is 4.30. The average Bonchev–Trinajstić information content (AvgIpc) is 2.98. The number of halogens is 3. The van der Waals surface area contributed by atoms with Crippen LogP contribution in [0.4, 0.5) is 4.79 Å². The Morgan fingerprint density at radius 3 is 2.25 bits per heavy atom. The number of carbonyl (C=O) groups is 3. The van der Waals surface area contributed by atoms with Crippen LogP contribution >= 0.6 is 34.8 Å². The molecule has 1 aliphatic rings. The fourth-order valence-corrected chi connectivity index (χ4v) is 5.04. The molecule has 12 heteroatoms. The number of carbonyl (C=O) groups excluding carboxylic acids is 3. The molecule has 0 atom stereocenters. The maximum atomic E-state index is 13.5. The first-order valence-corrected chi connectivity index (χ1v) is 15.1. The lowest BCUT2D eigenvalue weighted by Gasteiger charge is -2.26. The van der Waals surface area contributed by atoms with Crippen LogP contribution in [0, 0.1) is 0 Å². The highest BCUT2D eigenvalue weighted by Gasteiger charge is 2.36. The number of ether oxygens (including phenoxy) is 4. The Bertz CT molecular complexity index is 1590. The number of amides is 4. The number of barbiturate groups is 1. The first-order valence-electron chi connectivity index (χ1n) is 14.0. The van der Waals surface area contributed by atoms with Gasteiger partial charge < -0.3 is 18.9 Å². The lowest BCUT2D eigenvalue weighted by Crippen LogP contribution is -2.53. The fraction of sp³-hybridized carbons (Fsp3) is 0.281. The Kier molecular flexibility index (Phi) is 11.4. The summed E-state index contributed by atoms with van der Waals surface area (Å²) in [6, 6.07) is 12.5. The molecule has 1 aliphatic heterocycles. The van der Waals surface area contributed by atoms with E-state index in [-0.39, 0.29) is 29.5 Å². The lowest BCUT2D eigenvalue weighted by atomic mass is 10.1. The van der Waals surface area contributed by atoms with E-state index in [1.807, 2.05) is 13.8 Å². The third kappa shape index (κ3) is 7.96. The van der Waals surface area contributed by atoms with Crippen molar-refractivity contribution in [3.05, 3.63) is 85.9 Å². The number of rotatable bonds is 13. The minimum absolute atomic E-state index is 0.0882.